The molecule has 7 nitrogen and oxygen atoms in total. The van der Waals surface area contributed by atoms with Crippen molar-refractivity contribution in [3.05, 3.63) is 59.5 Å². The molecule has 1 aromatic carbocycles. The summed E-state index contributed by atoms with van der Waals surface area (Å²) in [7, 11) is 0. The number of carbonyl (C=O) groups is 1. The molecule has 0 aliphatic heterocycles. The maximum Gasteiger partial charge on any atom is 0.236 e. The van der Waals surface area contributed by atoms with E-state index in [1.54, 1.807) is 12.5 Å². The fraction of sp³-hybridized carbons (Fsp3) is 0.158. The van der Waals surface area contributed by atoms with E-state index in [1.807, 2.05) is 54.1 Å². The molecular weight excluding hydrogens is 394 g/mol. The Kier molecular flexibility index (Phi) is 5.27. The van der Waals surface area contributed by atoms with Gasteiger partial charge in [0, 0.05) is 17.3 Å². The average molecular weight is 412 g/mol. The Bertz CT molecular complexity index is 1080. The quantitative estimate of drug-likeness (QED) is 0.475. The smallest absolute Gasteiger partial charge is 0.236 e. The molecule has 9 heteroatoms. The van der Waals surface area contributed by atoms with Crippen LogP contribution in [-0.2, 0) is 4.79 Å². The molecule has 0 radical (unpaired) electrons. The van der Waals surface area contributed by atoms with Crippen molar-refractivity contribution in [2.75, 3.05) is 11.1 Å². The normalized spacial score (nSPS) is 10.9. The van der Waals surface area contributed by atoms with Crippen LogP contribution in [0.4, 0.5) is 5.13 Å². The molecule has 142 valence electrons. The zero-order chi connectivity index (χ0) is 19.5. The van der Waals surface area contributed by atoms with E-state index in [1.165, 1.54) is 23.1 Å². The number of thioether (sulfide) groups is 1. The highest BCUT2D eigenvalue weighted by atomic mass is 32.2. The number of nitrogens with zero attached hydrogens (tertiary/aromatic N) is 4. The monoisotopic (exact) mass is 411 g/mol. The molecule has 4 aromatic rings. The predicted molar refractivity (Wildman–Crippen MR) is 110 cm³/mol. The van der Waals surface area contributed by atoms with Gasteiger partial charge in [0.1, 0.15) is 5.76 Å². The molecule has 0 bridgehead atoms. The third-order valence-electron chi connectivity index (χ3n) is 4.04. The number of aromatic nitrogens is 4. The van der Waals surface area contributed by atoms with E-state index in [4.69, 9.17) is 4.42 Å². The first kappa shape index (κ1) is 18.5. The second-order valence-electron chi connectivity index (χ2n) is 6.04. The molecule has 0 atom stereocenters. The van der Waals surface area contributed by atoms with Crippen LogP contribution in [0.3, 0.4) is 0 Å². The van der Waals surface area contributed by atoms with E-state index < -0.39 is 0 Å². The van der Waals surface area contributed by atoms with E-state index in [-0.39, 0.29) is 11.7 Å². The number of aryl methyl sites for hydroxylation is 2. The van der Waals surface area contributed by atoms with Gasteiger partial charge in [-0.05, 0) is 32.0 Å². The van der Waals surface area contributed by atoms with Crippen LogP contribution in [0.5, 0.6) is 0 Å². The molecule has 1 N–H and O–H groups in total. The van der Waals surface area contributed by atoms with Crippen LogP contribution in [0, 0.1) is 13.8 Å². The Morgan fingerprint density at radius 3 is 2.71 bits per heavy atom. The van der Waals surface area contributed by atoms with Crippen molar-refractivity contribution in [3.63, 3.8) is 0 Å². The molecule has 1 amide bonds. The molecule has 0 unspecified atom stereocenters. The fourth-order valence-electron chi connectivity index (χ4n) is 2.65. The van der Waals surface area contributed by atoms with Gasteiger partial charge < -0.3 is 9.73 Å². The molecule has 0 spiro atoms. The molecule has 3 aromatic heterocycles. The maximum absolute atomic E-state index is 12.2. The van der Waals surface area contributed by atoms with Gasteiger partial charge in [-0.2, -0.15) is 0 Å². The summed E-state index contributed by atoms with van der Waals surface area (Å²) < 4.78 is 7.38. The number of thiazole rings is 1. The van der Waals surface area contributed by atoms with Crippen molar-refractivity contribution in [2.24, 2.45) is 0 Å². The summed E-state index contributed by atoms with van der Waals surface area (Å²) in [6, 6.07) is 9.96. The lowest BCUT2D eigenvalue weighted by molar-refractivity contribution is -0.113. The number of anilines is 1. The minimum absolute atomic E-state index is 0.139. The fourth-order valence-corrected chi connectivity index (χ4v) is 3.95. The number of nitrogens with one attached hydrogen (secondary N) is 1. The van der Waals surface area contributed by atoms with Crippen molar-refractivity contribution < 1.29 is 9.21 Å². The Labute approximate surface area is 169 Å². The van der Waals surface area contributed by atoms with Crippen LogP contribution in [0.15, 0.2) is 57.7 Å². The van der Waals surface area contributed by atoms with Gasteiger partial charge in [-0.25, -0.2) is 4.98 Å². The second kappa shape index (κ2) is 7.99. The lowest BCUT2D eigenvalue weighted by Gasteiger charge is -2.10. The molecule has 4 rings (SSSR count). The van der Waals surface area contributed by atoms with Gasteiger partial charge in [-0.3, -0.25) is 9.36 Å². The van der Waals surface area contributed by atoms with E-state index >= 15 is 0 Å². The Morgan fingerprint density at radius 2 is 2.04 bits per heavy atom. The average Bonchev–Trinajstić information content (AvgIpc) is 3.42. The van der Waals surface area contributed by atoms with Gasteiger partial charge in [0.05, 0.1) is 17.6 Å². The lowest BCUT2D eigenvalue weighted by atomic mass is 10.2. The molecule has 0 saturated carbocycles. The van der Waals surface area contributed by atoms with E-state index in [0.29, 0.717) is 16.1 Å². The van der Waals surface area contributed by atoms with E-state index in [0.717, 1.165) is 22.6 Å². The SMILES string of the molecule is Cc1ccc(-n2c(SCC(=O)Nc3nccs3)nnc2-c2ccoc2C)cc1. The molecule has 0 fully saturated rings. The van der Waals surface area contributed by atoms with Crippen LogP contribution in [-0.4, -0.2) is 31.4 Å². The number of furan rings is 1. The van der Waals surface area contributed by atoms with Crippen LogP contribution >= 0.6 is 23.1 Å². The summed E-state index contributed by atoms with van der Waals surface area (Å²) in [6.07, 6.45) is 3.29. The third-order valence-corrected chi connectivity index (χ3v) is 5.65. The largest absolute Gasteiger partial charge is 0.469 e. The van der Waals surface area contributed by atoms with E-state index in [9.17, 15) is 4.79 Å². The number of amides is 1. The molecule has 28 heavy (non-hydrogen) atoms. The highest BCUT2D eigenvalue weighted by Gasteiger charge is 2.19. The van der Waals surface area contributed by atoms with Crippen LogP contribution < -0.4 is 5.32 Å². The van der Waals surface area contributed by atoms with Gasteiger partial charge in [0.25, 0.3) is 0 Å². The number of carbonyl (C=O) groups excluding carboxylic acids is 1. The zero-order valence-corrected chi connectivity index (χ0v) is 16.9. The van der Waals surface area contributed by atoms with Gasteiger partial charge in [-0.15, -0.1) is 21.5 Å². The first-order valence-electron chi connectivity index (χ1n) is 8.51. The summed E-state index contributed by atoms with van der Waals surface area (Å²) in [6.45, 7) is 3.92. The molecule has 3 heterocycles. The Hall–Kier alpha value is -2.91. The van der Waals surface area contributed by atoms with E-state index in [2.05, 4.69) is 20.5 Å². The number of rotatable bonds is 6. The second-order valence-corrected chi connectivity index (χ2v) is 7.88. The number of benzene rings is 1. The van der Waals surface area contributed by atoms with Crippen LogP contribution in [0.2, 0.25) is 0 Å². The Balaban J connectivity index is 1.63. The van der Waals surface area contributed by atoms with Gasteiger partial charge in [-0.1, -0.05) is 29.5 Å². The third kappa shape index (κ3) is 3.85. The first-order valence-corrected chi connectivity index (χ1v) is 10.4. The van der Waals surface area contributed by atoms with Crippen molar-refractivity contribution >= 4 is 34.1 Å². The highest BCUT2D eigenvalue weighted by molar-refractivity contribution is 7.99. The summed E-state index contributed by atoms with van der Waals surface area (Å²) in [4.78, 5) is 16.3. The van der Waals surface area contributed by atoms with Crippen molar-refractivity contribution in [1.29, 1.82) is 0 Å². The zero-order valence-electron chi connectivity index (χ0n) is 15.2. The predicted octanol–water partition coefficient (Wildman–Crippen LogP) is 4.33. The standard InChI is InChI=1S/C19H17N5O2S2/c1-12-3-5-14(6-4-12)24-17(15-7-9-26-13(15)2)22-23-19(24)28-11-16(25)21-18-20-8-10-27-18/h3-10H,11H2,1-2H3,(H,20,21,25). The van der Waals surface area contributed by atoms with Crippen LogP contribution in [0.1, 0.15) is 11.3 Å². The van der Waals surface area contributed by atoms with Crippen LogP contribution in [0.25, 0.3) is 17.1 Å². The molecule has 0 saturated heterocycles. The summed E-state index contributed by atoms with van der Waals surface area (Å²) >= 11 is 2.71. The van der Waals surface area contributed by atoms with Crippen molar-refractivity contribution in [2.45, 2.75) is 19.0 Å². The number of hydrogen-bond donors (Lipinski definition) is 1. The molecular formula is C19H17N5O2S2. The summed E-state index contributed by atoms with van der Waals surface area (Å²) in [5, 5.41) is 14.5. The Morgan fingerprint density at radius 1 is 1.21 bits per heavy atom. The minimum atomic E-state index is -0.139. The maximum atomic E-state index is 12.2. The topological polar surface area (TPSA) is 85.8 Å². The lowest BCUT2D eigenvalue weighted by Crippen LogP contribution is -2.14. The first-order chi connectivity index (χ1) is 13.6. The molecule has 0 aliphatic rings. The van der Waals surface area contributed by atoms with Gasteiger partial charge in [0.15, 0.2) is 16.1 Å². The van der Waals surface area contributed by atoms with Gasteiger partial charge >= 0.3 is 0 Å². The summed E-state index contributed by atoms with van der Waals surface area (Å²) in [5.74, 6) is 1.50. The van der Waals surface area contributed by atoms with Gasteiger partial charge in [0.2, 0.25) is 5.91 Å². The van der Waals surface area contributed by atoms with Crippen molar-refractivity contribution in [3.8, 4) is 17.1 Å². The number of hydrogen-bond acceptors (Lipinski definition) is 7. The molecule has 0 aliphatic carbocycles. The summed E-state index contributed by atoms with van der Waals surface area (Å²) in [5.41, 5.74) is 2.95. The minimum Gasteiger partial charge on any atom is -0.469 e. The highest BCUT2D eigenvalue weighted by Crippen LogP contribution is 2.30. The van der Waals surface area contributed by atoms with Crippen molar-refractivity contribution in [1.82, 2.24) is 19.7 Å².